The normalized spacial score (nSPS) is 26.2. The van der Waals surface area contributed by atoms with E-state index in [0.717, 1.165) is 17.6 Å². The average Bonchev–Trinajstić information content (AvgIpc) is 1.71. The molecule has 0 radical (unpaired) electrons. The third kappa shape index (κ3) is 30.5. The Bertz CT molecular complexity index is 4260. The van der Waals surface area contributed by atoms with E-state index in [1.807, 2.05) is 76.4 Å². The lowest BCUT2D eigenvalue weighted by Gasteiger charge is -2.42. The molecule has 1 saturated carbocycles. The molecule has 3 fully saturated rings. The fraction of sp³-hybridized carbons (Fsp3) is 0.685. The SMILES string of the molecule is CO[C@H]1C[C@@H]2CC[C@@H](C)[C@@](O)(O2)C(=O)C(=O)N2CCCC[C@H]2C(=O)O[C@H]([C@H](C)C[C@@H]2CC[C@@H](OCCOCc3cn(CCOCCOCCOCCOCCOCCOCCOCCNC(=O)CCCCn4nc(-c5ccc6oc(N)nc6c5)c5c(N)ncnc54)nn3)[C@H](OC)C2)CC(=O)[C@H](C)/C=C(\C)[C@@H](O)[C@@H](OC)C(=O)[C@H](C)C[C@H](C)/C=C/C=CC=C1C. The number of aromatic nitrogens is 8. The molecule has 7 N–H and O–H groups in total. The number of allylic oxidation sites excluding steroid dienone is 6. The largest absolute Gasteiger partial charge is 0.460 e. The van der Waals surface area contributed by atoms with E-state index in [1.54, 1.807) is 56.5 Å². The number of carbonyl (C=O) groups excluding carboxylic acids is 6. The fourth-order valence-electron chi connectivity index (χ4n) is 16.2. The number of hydrogen-bond donors (Lipinski definition) is 5. The third-order valence-corrected chi connectivity index (χ3v) is 23.4. The number of nitrogens with one attached hydrogen (secondary N) is 1. The fourth-order valence-corrected chi connectivity index (χ4v) is 16.2. The summed E-state index contributed by atoms with van der Waals surface area (Å²) in [6.45, 7) is 20.7. The van der Waals surface area contributed by atoms with Gasteiger partial charge in [0.15, 0.2) is 17.0 Å². The molecule has 35 heteroatoms. The maximum Gasteiger partial charge on any atom is 0.329 e. The van der Waals surface area contributed by atoms with Crippen LogP contribution in [0.15, 0.2) is 82.7 Å². The van der Waals surface area contributed by atoms with Crippen LogP contribution in [0.5, 0.6) is 0 Å². The first-order chi connectivity index (χ1) is 59.9. The highest BCUT2D eigenvalue weighted by atomic mass is 16.6. The number of aliphatic hydroxyl groups is 2. The summed E-state index contributed by atoms with van der Waals surface area (Å²) >= 11 is 0. The van der Waals surface area contributed by atoms with Gasteiger partial charge in [-0.2, -0.15) is 10.1 Å². The zero-order valence-electron chi connectivity index (χ0n) is 74.0. The summed E-state index contributed by atoms with van der Waals surface area (Å²) in [6, 6.07) is 4.37. The number of Topliss-reactive ketones (excluding diaryl/α,β-unsaturated/α-hetero) is 3. The highest BCUT2D eigenvalue weighted by Gasteiger charge is 2.53. The Labute approximate surface area is 726 Å². The summed E-state index contributed by atoms with van der Waals surface area (Å²) in [5.41, 5.74) is 17.1. The number of esters is 1. The van der Waals surface area contributed by atoms with E-state index in [9.17, 15) is 39.0 Å². The predicted octanol–water partition coefficient (Wildman–Crippen LogP) is 8.23. The molecule has 9 rings (SSSR count). The maximum absolute atomic E-state index is 14.8. The van der Waals surface area contributed by atoms with Crippen molar-refractivity contribution in [1.82, 2.24) is 49.9 Å². The molecule has 1 aromatic carbocycles. The van der Waals surface area contributed by atoms with Gasteiger partial charge in [0.2, 0.25) is 11.7 Å². The number of oxazole rings is 1. The third-order valence-electron chi connectivity index (χ3n) is 23.4. The van der Waals surface area contributed by atoms with Crippen LogP contribution in [0.25, 0.3) is 33.4 Å². The monoisotopic (exact) mass is 1740 g/mol. The lowest BCUT2D eigenvalue weighted by molar-refractivity contribution is -0.265. The Kier molecular flexibility index (Phi) is 41.9. The summed E-state index contributed by atoms with van der Waals surface area (Å²) < 4.78 is 90.8. The summed E-state index contributed by atoms with van der Waals surface area (Å²) in [7, 11) is 4.61. The summed E-state index contributed by atoms with van der Waals surface area (Å²) in [6.07, 6.45) is 16.3. The van der Waals surface area contributed by atoms with Gasteiger partial charge in [0.05, 0.1) is 155 Å². The molecular weight excluding hydrogens is 1610 g/mol. The van der Waals surface area contributed by atoms with Gasteiger partial charge in [0.1, 0.15) is 59.2 Å². The average molecular weight is 1740 g/mol. The van der Waals surface area contributed by atoms with Crippen LogP contribution in [0.2, 0.25) is 0 Å². The molecule has 3 aliphatic heterocycles. The number of ether oxygens (including phenoxy) is 14. The second kappa shape index (κ2) is 52.1. The van der Waals surface area contributed by atoms with E-state index in [2.05, 4.69) is 30.6 Å². The number of piperidine rings is 1. The number of fused-ring (bicyclic) bond motifs is 5. The Morgan fingerprint density at radius 1 is 0.734 bits per heavy atom. The predicted molar refractivity (Wildman–Crippen MR) is 458 cm³/mol. The van der Waals surface area contributed by atoms with Gasteiger partial charge < -0.3 is 103 Å². The van der Waals surface area contributed by atoms with Gasteiger partial charge in [-0.15, -0.1) is 5.10 Å². The van der Waals surface area contributed by atoms with Gasteiger partial charge in [0, 0.05) is 83.5 Å². The summed E-state index contributed by atoms with van der Waals surface area (Å²) in [4.78, 5) is 98.8. The van der Waals surface area contributed by atoms with Gasteiger partial charge in [-0.25, -0.2) is 24.1 Å². The van der Waals surface area contributed by atoms with Crippen molar-refractivity contribution in [2.45, 2.75) is 219 Å². The molecule has 1 aliphatic carbocycles. The number of unbranched alkanes of at least 4 members (excludes halogenated alkanes) is 1. The zero-order valence-corrected chi connectivity index (χ0v) is 74.0. The molecular formula is C89H134N12O23. The second-order valence-corrected chi connectivity index (χ2v) is 32.8. The lowest BCUT2D eigenvalue weighted by Crippen LogP contribution is -2.61. The van der Waals surface area contributed by atoms with Crippen LogP contribution in [0.1, 0.15) is 150 Å². The molecule has 0 unspecified atom stereocenters. The molecule has 2 bridgehead atoms. The van der Waals surface area contributed by atoms with Gasteiger partial charge >= 0.3 is 5.97 Å². The number of nitrogen functional groups attached to an aromatic ring is 2. The number of aryl methyl sites for hydroxylation is 1. The topological polar surface area (TPSA) is 440 Å². The van der Waals surface area contributed by atoms with Crippen molar-refractivity contribution in [3.05, 3.63) is 84.0 Å². The Morgan fingerprint density at radius 3 is 2.12 bits per heavy atom. The van der Waals surface area contributed by atoms with Crippen LogP contribution in [-0.4, -0.2) is 285 Å². The van der Waals surface area contributed by atoms with Crippen molar-refractivity contribution >= 4 is 69.1 Å². The molecule has 2 amide bonds. The first kappa shape index (κ1) is 99.5. The van der Waals surface area contributed by atoms with E-state index in [4.69, 9.17) is 87.3 Å². The number of nitrogens with two attached hydrogens (primary N) is 2. The number of hydrogen-bond acceptors (Lipinski definition) is 31. The maximum atomic E-state index is 14.8. The van der Waals surface area contributed by atoms with Crippen LogP contribution in [0, 0.1) is 35.5 Å². The van der Waals surface area contributed by atoms with E-state index >= 15 is 0 Å². The molecule has 124 heavy (non-hydrogen) atoms. The number of nitrogens with zero attached hydrogens (tertiary/aromatic N) is 9. The van der Waals surface area contributed by atoms with Crippen LogP contribution in [0.3, 0.4) is 0 Å². The van der Waals surface area contributed by atoms with E-state index in [-0.39, 0.29) is 79.4 Å². The molecule has 15 atom stereocenters. The minimum Gasteiger partial charge on any atom is -0.460 e. The molecule has 688 valence electrons. The number of benzene rings is 1. The van der Waals surface area contributed by atoms with Crippen molar-refractivity contribution in [2.24, 2.45) is 35.5 Å². The number of anilines is 2. The standard InChI is InChI=1S/C89H134N12O23/c1-58-18-12-11-13-19-59(2)74(110-8)53-68-25-22-64(7)89(109,124-68)83(106)86(107)100-29-16-14-20-70(100)87(108)122-75(54-71(102)60(3)49-63(6)81(105)82(112-10)80(104)62(5)48-58)61(4)50-65-23-26-73(76(51-65)111-9)121-47-46-120-56-67-55-99(98-96-67)31-33-114-35-37-116-39-41-118-43-45-119-44-42-117-40-38-115-36-34-113-32-28-92-77(103)21-15-17-30-101-85-78(84(90)93-57-94-85)79(97-101)66-24-27-72-69(52-66)95-88(91)123-72/h11-13,18-19,24,27,49,52,55,57-58,60-62,64-65,68,70,73-76,81-82,105,109H,14-17,20-23,25-26,28-48,50-51,53-54,56H2,1-10H3,(H2,91,95)(H,92,103)(H2,90,93,94)/b13-11?,18-12+,59-19?,63-49+/t58-,60-,61-,62-,64-,65+,68+,70+,73-,74+,75+,76-,81-,82+,89-/m1/s1. The van der Waals surface area contributed by atoms with E-state index < -0.39 is 77.8 Å². The first-order valence-corrected chi connectivity index (χ1v) is 43.9. The van der Waals surface area contributed by atoms with Gasteiger partial charge in [-0.05, 0) is 138 Å². The van der Waals surface area contributed by atoms with Crippen molar-refractivity contribution in [3.63, 3.8) is 0 Å². The van der Waals surface area contributed by atoms with Crippen molar-refractivity contribution in [3.8, 4) is 11.3 Å². The molecule has 4 aromatic heterocycles. The quantitative estimate of drug-likeness (QED) is 0.0106. The molecule has 7 heterocycles. The van der Waals surface area contributed by atoms with Crippen molar-refractivity contribution < 1.29 is 110 Å². The van der Waals surface area contributed by atoms with Crippen LogP contribution < -0.4 is 16.8 Å². The Morgan fingerprint density at radius 2 is 1.43 bits per heavy atom. The molecule has 5 aromatic rings. The van der Waals surface area contributed by atoms with Crippen molar-refractivity contribution in [2.75, 3.05) is 152 Å². The zero-order chi connectivity index (χ0) is 88.9. The number of cyclic esters (lactones) is 1. The van der Waals surface area contributed by atoms with Crippen LogP contribution in [0.4, 0.5) is 11.8 Å². The number of rotatable bonds is 42. The Balaban J connectivity index is 0.601. The van der Waals surface area contributed by atoms with E-state index in [0.29, 0.717) is 247 Å². The highest BCUT2D eigenvalue weighted by Crippen LogP contribution is 2.39. The number of carbonyl (C=O) groups is 6. The van der Waals surface area contributed by atoms with Gasteiger partial charge in [-0.1, -0.05) is 76.3 Å². The molecule has 4 aliphatic rings. The van der Waals surface area contributed by atoms with Crippen LogP contribution in [-0.2, 0) is 115 Å². The first-order valence-electron chi connectivity index (χ1n) is 43.9. The number of methoxy groups -OCH3 is 3. The lowest BCUT2D eigenvalue weighted by atomic mass is 9.78. The van der Waals surface area contributed by atoms with Crippen LogP contribution >= 0.6 is 0 Å². The van der Waals surface area contributed by atoms with E-state index in [1.165, 1.54) is 18.3 Å². The minimum atomic E-state index is -2.47. The Hall–Kier alpha value is -8.24. The number of aliphatic hydroxyl groups excluding tert-OH is 1. The highest BCUT2D eigenvalue weighted by molar-refractivity contribution is 6.39. The molecule has 0 spiro atoms. The van der Waals surface area contributed by atoms with Gasteiger partial charge in [-0.3, -0.25) is 24.0 Å². The second-order valence-electron chi connectivity index (χ2n) is 32.8. The smallest absolute Gasteiger partial charge is 0.329 e. The molecule has 35 nitrogen and oxygen atoms in total. The minimum absolute atomic E-state index is 0.00899. The number of amides is 2. The van der Waals surface area contributed by atoms with Crippen molar-refractivity contribution in [1.29, 1.82) is 0 Å². The molecule has 2 saturated heterocycles. The summed E-state index contributed by atoms with van der Waals surface area (Å²) in [5.74, 6) is -8.05. The van der Waals surface area contributed by atoms with Gasteiger partial charge in [0.25, 0.3) is 17.7 Å². The summed E-state index contributed by atoms with van der Waals surface area (Å²) in [5, 5.41) is 40.6. The number of ketones is 3.